The average Bonchev–Trinajstić information content (AvgIpc) is 2.99. The fourth-order valence-electron chi connectivity index (χ4n) is 5.38. The molecule has 1 aromatic heterocycles. The van der Waals surface area contributed by atoms with Crippen LogP contribution < -0.4 is 14.9 Å². The highest BCUT2D eigenvalue weighted by molar-refractivity contribution is 5.90. The molecule has 9 heteroatoms. The first kappa shape index (κ1) is 35.5. The normalized spacial score (nSPS) is 12.2. The van der Waals surface area contributed by atoms with Gasteiger partial charge in [0.05, 0.1) is 10.9 Å². The van der Waals surface area contributed by atoms with E-state index in [1.165, 1.54) is 30.3 Å². The fraction of sp³-hybridized carbons (Fsp3) is 0.368. The van der Waals surface area contributed by atoms with Gasteiger partial charge in [0.2, 0.25) is 11.2 Å². The van der Waals surface area contributed by atoms with E-state index in [1.807, 2.05) is 65.8 Å². The Morgan fingerprint density at radius 3 is 2.15 bits per heavy atom. The zero-order valence-electron chi connectivity index (χ0n) is 27.7. The zero-order valence-corrected chi connectivity index (χ0v) is 27.7. The lowest BCUT2D eigenvalue weighted by Crippen LogP contribution is -2.31. The van der Waals surface area contributed by atoms with Crippen molar-refractivity contribution in [3.05, 3.63) is 105 Å². The van der Waals surface area contributed by atoms with Gasteiger partial charge in [-0.05, 0) is 66.6 Å². The van der Waals surface area contributed by atoms with E-state index in [0.717, 1.165) is 29.5 Å². The second-order valence-electron chi connectivity index (χ2n) is 12.6. The Balaban J connectivity index is 1.84. The number of aryl methyl sites for hydroxylation is 2. The summed E-state index contributed by atoms with van der Waals surface area (Å²) in [5.41, 5.74) is 1.72. The van der Waals surface area contributed by atoms with Crippen LogP contribution in [0, 0.1) is 18.8 Å². The van der Waals surface area contributed by atoms with Gasteiger partial charge >= 0.3 is 12.1 Å². The second-order valence-corrected chi connectivity index (χ2v) is 12.6. The molecule has 0 atom stereocenters. The van der Waals surface area contributed by atoms with E-state index in [0.29, 0.717) is 13.1 Å². The SMILES string of the molecule is CCCc1ccc(Oc2c(C(F)(F)F)oc3c(CN(CC(C)C)CC(C)C)c(OC(=O)/C=C/c4ccc(C)cc4)ccc3c2=O)cc1. The minimum Gasteiger partial charge on any atom is -0.449 e. The number of rotatable bonds is 13. The van der Waals surface area contributed by atoms with Crippen molar-refractivity contribution in [2.45, 2.75) is 67.1 Å². The highest BCUT2D eigenvalue weighted by atomic mass is 19.4. The molecule has 0 amide bonds. The number of alkyl halides is 3. The lowest BCUT2D eigenvalue weighted by Gasteiger charge is -2.27. The molecule has 3 aromatic carbocycles. The lowest BCUT2D eigenvalue weighted by atomic mass is 10.1. The van der Waals surface area contributed by atoms with Crippen molar-refractivity contribution in [2.75, 3.05) is 13.1 Å². The number of hydrogen-bond donors (Lipinski definition) is 0. The van der Waals surface area contributed by atoms with Crippen molar-refractivity contribution < 1.29 is 31.9 Å². The first-order chi connectivity index (χ1) is 22.2. The number of carbonyl (C=O) groups excluding carboxylic acids is 1. The molecule has 0 spiro atoms. The van der Waals surface area contributed by atoms with Gasteiger partial charge in [0.15, 0.2) is 0 Å². The highest BCUT2D eigenvalue weighted by Crippen LogP contribution is 2.40. The van der Waals surface area contributed by atoms with E-state index < -0.39 is 29.1 Å². The minimum atomic E-state index is -5.05. The maximum Gasteiger partial charge on any atom is 0.453 e. The summed E-state index contributed by atoms with van der Waals surface area (Å²) in [5, 5.41) is -0.116. The Morgan fingerprint density at radius 2 is 1.57 bits per heavy atom. The van der Waals surface area contributed by atoms with Crippen LogP contribution in [0.4, 0.5) is 13.2 Å². The van der Waals surface area contributed by atoms with Crippen LogP contribution in [0.5, 0.6) is 17.2 Å². The van der Waals surface area contributed by atoms with E-state index in [4.69, 9.17) is 13.9 Å². The summed E-state index contributed by atoms with van der Waals surface area (Å²) < 4.78 is 60.5. The number of benzene rings is 3. The largest absolute Gasteiger partial charge is 0.453 e. The Labute approximate surface area is 273 Å². The number of esters is 1. The Bertz CT molecular complexity index is 1740. The quantitative estimate of drug-likeness (QED) is 0.0816. The van der Waals surface area contributed by atoms with Crippen molar-refractivity contribution in [1.29, 1.82) is 0 Å². The van der Waals surface area contributed by atoms with Crippen molar-refractivity contribution in [3.63, 3.8) is 0 Å². The van der Waals surface area contributed by atoms with Crippen molar-refractivity contribution >= 4 is 23.0 Å². The molecule has 47 heavy (non-hydrogen) atoms. The Kier molecular flexibility index (Phi) is 11.7. The molecule has 0 N–H and O–H groups in total. The summed E-state index contributed by atoms with van der Waals surface area (Å²) in [6.07, 6.45) is -0.512. The van der Waals surface area contributed by atoms with E-state index >= 15 is 0 Å². The van der Waals surface area contributed by atoms with Gasteiger partial charge in [-0.15, -0.1) is 0 Å². The first-order valence-electron chi connectivity index (χ1n) is 15.9. The Morgan fingerprint density at radius 1 is 0.936 bits per heavy atom. The molecule has 250 valence electrons. The summed E-state index contributed by atoms with van der Waals surface area (Å²) in [5.74, 6) is -2.70. The molecule has 0 aliphatic rings. The molecule has 0 bridgehead atoms. The summed E-state index contributed by atoms with van der Waals surface area (Å²) in [4.78, 5) is 28.8. The smallest absolute Gasteiger partial charge is 0.449 e. The lowest BCUT2D eigenvalue weighted by molar-refractivity contribution is -0.154. The number of ether oxygens (including phenoxy) is 2. The van der Waals surface area contributed by atoms with Gasteiger partial charge in [0, 0.05) is 25.7 Å². The van der Waals surface area contributed by atoms with E-state index in [1.54, 1.807) is 18.2 Å². The van der Waals surface area contributed by atoms with Crippen LogP contribution in [0.1, 0.15) is 69.1 Å². The minimum absolute atomic E-state index is 0.00465. The molecule has 1 heterocycles. The predicted octanol–water partition coefficient (Wildman–Crippen LogP) is 9.60. The molecule has 0 saturated carbocycles. The number of halogens is 3. The molecule has 0 unspecified atom stereocenters. The van der Waals surface area contributed by atoms with Gasteiger partial charge in [-0.2, -0.15) is 13.2 Å². The van der Waals surface area contributed by atoms with Gasteiger partial charge in [0.1, 0.15) is 17.1 Å². The number of nitrogens with zero attached hydrogens (tertiary/aromatic N) is 1. The summed E-state index contributed by atoms with van der Waals surface area (Å²) in [6, 6.07) is 16.8. The van der Waals surface area contributed by atoms with Gasteiger partial charge in [-0.1, -0.05) is 83.0 Å². The topological polar surface area (TPSA) is 69.0 Å². The van der Waals surface area contributed by atoms with Gasteiger partial charge in [-0.3, -0.25) is 9.69 Å². The van der Waals surface area contributed by atoms with Gasteiger partial charge in [0.25, 0.3) is 5.76 Å². The molecule has 0 radical (unpaired) electrons. The van der Waals surface area contributed by atoms with Crippen LogP contribution in [0.3, 0.4) is 0 Å². The van der Waals surface area contributed by atoms with E-state index in [2.05, 4.69) is 4.90 Å². The van der Waals surface area contributed by atoms with Gasteiger partial charge < -0.3 is 13.9 Å². The van der Waals surface area contributed by atoms with Crippen LogP contribution in [-0.4, -0.2) is 24.0 Å². The van der Waals surface area contributed by atoms with Crippen molar-refractivity contribution in [2.24, 2.45) is 11.8 Å². The molecule has 0 saturated heterocycles. The molecular weight excluding hydrogens is 607 g/mol. The first-order valence-corrected chi connectivity index (χ1v) is 15.9. The van der Waals surface area contributed by atoms with Crippen molar-refractivity contribution in [1.82, 2.24) is 4.90 Å². The summed E-state index contributed by atoms with van der Waals surface area (Å²) >= 11 is 0. The van der Waals surface area contributed by atoms with E-state index in [9.17, 15) is 22.8 Å². The van der Waals surface area contributed by atoms with Crippen LogP contribution in [-0.2, 0) is 23.9 Å². The third kappa shape index (κ3) is 9.58. The molecule has 6 nitrogen and oxygen atoms in total. The van der Waals surface area contributed by atoms with Crippen LogP contribution in [0.25, 0.3) is 17.0 Å². The predicted molar refractivity (Wildman–Crippen MR) is 179 cm³/mol. The molecular formula is C38H42F3NO5. The molecule has 0 aliphatic carbocycles. The molecule has 4 aromatic rings. The third-order valence-electron chi connectivity index (χ3n) is 7.35. The Hall–Kier alpha value is -4.37. The monoisotopic (exact) mass is 649 g/mol. The van der Waals surface area contributed by atoms with Crippen molar-refractivity contribution in [3.8, 4) is 17.2 Å². The summed E-state index contributed by atoms with van der Waals surface area (Å²) in [6.45, 7) is 13.4. The number of carbonyl (C=O) groups is 1. The second kappa shape index (κ2) is 15.5. The molecule has 0 fully saturated rings. The maximum absolute atomic E-state index is 14.5. The van der Waals surface area contributed by atoms with Crippen LogP contribution >= 0.6 is 0 Å². The third-order valence-corrected chi connectivity index (χ3v) is 7.35. The maximum atomic E-state index is 14.5. The van der Waals surface area contributed by atoms with Crippen LogP contribution in [0.15, 0.2) is 76.0 Å². The fourth-order valence-corrected chi connectivity index (χ4v) is 5.38. The van der Waals surface area contributed by atoms with E-state index in [-0.39, 0.29) is 46.4 Å². The average molecular weight is 650 g/mol. The zero-order chi connectivity index (χ0) is 34.3. The molecule has 0 aliphatic heterocycles. The standard InChI is InChI=1S/C38H42F3NO5/c1-7-8-27-13-16-29(17-14-27)45-36-34(44)30-18-19-32(46-33(43)20-15-28-11-9-26(6)10-12-28)31(35(30)47-37(36)38(39,40)41)23-42(21-24(2)3)22-25(4)5/h9-20,24-25H,7-8,21-23H2,1-6H3/b20-15+. The summed E-state index contributed by atoms with van der Waals surface area (Å²) in [7, 11) is 0. The number of hydrogen-bond acceptors (Lipinski definition) is 6. The molecule has 4 rings (SSSR count). The number of fused-ring (bicyclic) bond motifs is 1. The highest BCUT2D eigenvalue weighted by Gasteiger charge is 2.41. The van der Waals surface area contributed by atoms with Gasteiger partial charge in [-0.25, -0.2) is 4.79 Å². The van der Waals surface area contributed by atoms with Crippen LogP contribution in [0.2, 0.25) is 0 Å².